The number of carbonyl (C=O) groups excluding carboxylic acids is 1. The van der Waals surface area contributed by atoms with Crippen molar-refractivity contribution in [2.24, 2.45) is 5.92 Å². The van der Waals surface area contributed by atoms with Crippen LogP contribution < -0.4 is 0 Å². The van der Waals surface area contributed by atoms with Gasteiger partial charge in [-0.15, -0.1) is 11.8 Å². The van der Waals surface area contributed by atoms with Gasteiger partial charge in [-0.25, -0.2) is 0 Å². The maximum absolute atomic E-state index is 12.5. The van der Waals surface area contributed by atoms with Crippen LogP contribution in [0.5, 0.6) is 0 Å². The zero-order valence-electron chi connectivity index (χ0n) is 15.0. The first kappa shape index (κ1) is 19.8. The van der Waals surface area contributed by atoms with Crippen molar-refractivity contribution in [3.05, 3.63) is 50.5 Å². The molecular weight excluding hydrogens is 388 g/mol. The Hall–Kier alpha value is -1.97. The minimum absolute atomic E-state index is 0.0136. The van der Waals surface area contributed by atoms with Gasteiger partial charge in [-0.1, -0.05) is 13.3 Å². The number of nitro benzene ring substituents is 1. The first-order chi connectivity index (χ1) is 12.8. The van der Waals surface area contributed by atoms with Crippen molar-refractivity contribution in [3.8, 4) is 0 Å². The van der Waals surface area contributed by atoms with Crippen LogP contribution in [-0.2, 0) is 16.1 Å². The van der Waals surface area contributed by atoms with Crippen LogP contribution in [0, 0.1) is 16.0 Å². The Morgan fingerprint density at radius 1 is 1.44 bits per heavy atom. The Morgan fingerprint density at radius 2 is 2.11 bits per heavy atom. The van der Waals surface area contributed by atoms with Crippen molar-refractivity contribution in [1.82, 2.24) is 4.90 Å². The number of thiocarbonyl (C=S) groups is 1. The summed E-state index contributed by atoms with van der Waals surface area (Å²) in [5.41, 5.74) is 1.39. The number of carbonyl (C=O) groups is 1. The average molecular weight is 409 g/mol. The maximum Gasteiger partial charge on any atom is 0.269 e. The van der Waals surface area contributed by atoms with Crippen LogP contribution >= 0.6 is 24.0 Å². The lowest BCUT2D eigenvalue weighted by atomic mass is 9.92. The molecule has 3 rings (SSSR count). The number of aliphatic hydroxyl groups excluding tert-OH is 1. The van der Waals surface area contributed by atoms with Gasteiger partial charge in [0.1, 0.15) is 17.7 Å². The van der Waals surface area contributed by atoms with Crippen molar-refractivity contribution >= 4 is 40.6 Å². The summed E-state index contributed by atoms with van der Waals surface area (Å²) < 4.78 is 5.72. The lowest BCUT2D eigenvalue weighted by molar-refractivity contribution is -0.384. The third kappa shape index (κ3) is 3.71. The lowest BCUT2D eigenvalue weighted by Crippen LogP contribution is -2.60. The quantitative estimate of drug-likeness (QED) is 0.320. The van der Waals surface area contributed by atoms with Gasteiger partial charge in [0.15, 0.2) is 0 Å². The van der Waals surface area contributed by atoms with Gasteiger partial charge in [0, 0.05) is 17.0 Å². The largest absolute Gasteiger partial charge is 0.477 e. The fourth-order valence-electron chi connectivity index (χ4n) is 3.18. The minimum atomic E-state index is -0.705. The number of allylic oxidation sites excluding steroid dienone is 1. The molecule has 2 heterocycles. The third-order valence-electron chi connectivity index (χ3n) is 4.56. The van der Waals surface area contributed by atoms with Gasteiger partial charge in [-0.05, 0) is 43.3 Å². The van der Waals surface area contributed by atoms with Gasteiger partial charge in [-0.2, -0.15) is 0 Å². The van der Waals surface area contributed by atoms with Gasteiger partial charge in [-0.3, -0.25) is 19.8 Å². The number of fused-ring (bicyclic) bond motifs is 1. The van der Waals surface area contributed by atoms with E-state index in [0.29, 0.717) is 5.70 Å². The molecule has 1 N–H and O–H groups in total. The van der Waals surface area contributed by atoms with Gasteiger partial charge in [0.05, 0.1) is 16.9 Å². The number of ether oxygens (including phenoxy) is 1. The van der Waals surface area contributed by atoms with Gasteiger partial charge < -0.3 is 9.84 Å². The SMILES string of the molecule is CCCC1=C(C(=S)OCc2ccc([N+](=O)[O-])cc2)N2C(=O)[C@@H]([C@H](C)O)[C@H]2S1. The first-order valence-electron chi connectivity index (χ1n) is 8.66. The molecule has 1 saturated heterocycles. The van der Waals surface area contributed by atoms with Gasteiger partial charge in [0.25, 0.3) is 5.69 Å². The van der Waals surface area contributed by atoms with E-state index >= 15 is 0 Å². The number of nitro groups is 1. The minimum Gasteiger partial charge on any atom is -0.477 e. The molecule has 1 aromatic carbocycles. The van der Waals surface area contributed by atoms with Crippen molar-refractivity contribution in [1.29, 1.82) is 0 Å². The predicted molar refractivity (Wildman–Crippen MR) is 106 cm³/mol. The molecule has 1 fully saturated rings. The molecular formula is C18H20N2O5S2. The standard InChI is InChI=1S/C18H20N2O5S2/c1-3-4-13-15(19-16(22)14(10(2)21)17(19)27-13)18(26)25-9-11-5-7-12(8-6-11)20(23)24/h5-8,10,14,17,21H,3-4,9H2,1-2H3/t10-,14+,17+/m0/s1. The van der Waals surface area contributed by atoms with E-state index in [1.165, 1.54) is 12.1 Å². The molecule has 3 atom stereocenters. The molecule has 144 valence electrons. The number of rotatable bonds is 7. The van der Waals surface area contributed by atoms with Crippen molar-refractivity contribution in [2.45, 2.75) is 44.8 Å². The monoisotopic (exact) mass is 408 g/mol. The van der Waals surface area contributed by atoms with Crippen LogP contribution in [0.15, 0.2) is 34.9 Å². The Balaban J connectivity index is 1.71. The van der Waals surface area contributed by atoms with E-state index in [-0.39, 0.29) is 28.6 Å². The predicted octanol–water partition coefficient (Wildman–Crippen LogP) is 3.36. The summed E-state index contributed by atoms with van der Waals surface area (Å²) in [5.74, 6) is -0.554. The molecule has 0 radical (unpaired) electrons. The van der Waals surface area contributed by atoms with E-state index in [0.717, 1.165) is 23.3 Å². The number of amides is 1. The Morgan fingerprint density at radius 3 is 2.67 bits per heavy atom. The summed E-state index contributed by atoms with van der Waals surface area (Å²) in [7, 11) is 0. The fourth-order valence-corrected chi connectivity index (χ4v) is 5.24. The van der Waals surface area contributed by atoms with Crippen molar-refractivity contribution in [3.63, 3.8) is 0 Å². The maximum atomic E-state index is 12.5. The summed E-state index contributed by atoms with van der Waals surface area (Å²) >= 11 is 7.01. The van der Waals surface area contributed by atoms with E-state index in [2.05, 4.69) is 6.92 Å². The second-order valence-corrected chi connectivity index (χ2v) is 8.09. The smallest absolute Gasteiger partial charge is 0.269 e. The van der Waals surface area contributed by atoms with Crippen molar-refractivity contribution in [2.75, 3.05) is 0 Å². The fraction of sp³-hybridized carbons (Fsp3) is 0.444. The zero-order chi connectivity index (χ0) is 19.7. The second kappa shape index (κ2) is 7.95. The molecule has 0 aromatic heterocycles. The highest BCUT2D eigenvalue weighted by molar-refractivity contribution is 8.04. The van der Waals surface area contributed by atoms with E-state index in [1.807, 2.05) is 0 Å². The number of hydrogen-bond acceptors (Lipinski definition) is 7. The van der Waals surface area contributed by atoms with E-state index in [4.69, 9.17) is 17.0 Å². The molecule has 1 aromatic rings. The molecule has 0 spiro atoms. The number of benzene rings is 1. The third-order valence-corrected chi connectivity index (χ3v) is 6.30. The van der Waals surface area contributed by atoms with Gasteiger partial charge >= 0.3 is 0 Å². The van der Waals surface area contributed by atoms with Crippen LogP contribution in [0.2, 0.25) is 0 Å². The second-order valence-electron chi connectivity index (χ2n) is 6.50. The summed E-state index contributed by atoms with van der Waals surface area (Å²) in [6, 6.07) is 6.06. The topological polar surface area (TPSA) is 92.9 Å². The molecule has 1 amide bonds. The highest BCUT2D eigenvalue weighted by Crippen LogP contribution is 2.51. The van der Waals surface area contributed by atoms with Crippen LogP contribution in [0.1, 0.15) is 32.3 Å². The molecule has 0 bridgehead atoms. The Labute approximate surface area is 166 Å². The van der Waals surface area contributed by atoms with E-state index in [1.54, 1.807) is 35.7 Å². The van der Waals surface area contributed by atoms with E-state index < -0.39 is 16.9 Å². The highest BCUT2D eigenvalue weighted by atomic mass is 32.2. The zero-order valence-corrected chi connectivity index (χ0v) is 16.6. The molecule has 27 heavy (non-hydrogen) atoms. The van der Waals surface area contributed by atoms with Gasteiger partial charge in [0.2, 0.25) is 11.0 Å². The average Bonchev–Trinajstić information content (AvgIpc) is 2.94. The van der Waals surface area contributed by atoms with Crippen LogP contribution in [0.3, 0.4) is 0 Å². The highest BCUT2D eigenvalue weighted by Gasteiger charge is 2.56. The molecule has 9 heteroatoms. The summed E-state index contributed by atoms with van der Waals surface area (Å²) in [4.78, 5) is 25.4. The molecule has 0 saturated carbocycles. The number of β-lactam (4-membered cyclic amide) rings is 1. The molecule has 2 aliphatic heterocycles. The Bertz CT molecular complexity index is 806. The lowest BCUT2D eigenvalue weighted by Gasteiger charge is -2.44. The number of nitrogens with zero attached hydrogens (tertiary/aromatic N) is 2. The molecule has 0 unspecified atom stereocenters. The number of thioether (sulfide) groups is 1. The molecule has 7 nitrogen and oxygen atoms in total. The van der Waals surface area contributed by atoms with Crippen LogP contribution in [0.25, 0.3) is 0 Å². The molecule has 0 aliphatic carbocycles. The summed E-state index contributed by atoms with van der Waals surface area (Å²) in [6.07, 6.45) is 0.988. The number of hydrogen-bond donors (Lipinski definition) is 1. The number of non-ortho nitro benzene ring substituents is 1. The summed E-state index contributed by atoms with van der Waals surface area (Å²) in [6.45, 7) is 3.84. The first-order valence-corrected chi connectivity index (χ1v) is 9.95. The summed E-state index contributed by atoms with van der Waals surface area (Å²) in [5, 5.41) is 20.7. The van der Waals surface area contributed by atoms with Crippen LogP contribution in [0.4, 0.5) is 5.69 Å². The van der Waals surface area contributed by atoms with Crippen LogP contribution in [-0.4, -0.2) is 37.4 Å². The van der Waals surface area contributed by atoms with Crippen molar-refractivity contribution < 1.29 is 19.6 Å². The number of aliphatic hydroxyl groups is 1. The van der Waals surface area contributed by atoms with E-state index in [9.17, 15) is 20.0 Å². The normalized spacial score (nSPS) is 22.3. The molecule has 2 aliphatic rings. The Kier molecular flexibility index (Phi) is 5.83.